The number of hydrogen-bond donors (Lipinski definition) is 2. The van der Waals surface area contributed by atoms with Crippen molar-refractivity contribution >= 4 is 17.7 Å². The number of fused-ring (bicyclic) bond motifs is 1. The monoisotopic (exact) mass is 426 g/mol. The van der Waals surface area contributed by atoms with E-state index in [2.05, 4.69) is 21.6 Å². The third kappa shape index (κ3) is 4.24. The summed E-state index contributed by atoms with van der Waals surface area (Å²) < 4.78 is 5.52. The number of piperidine rings is 1. The Morgan fingerprint density at radius 3 is 2.61 bits per heavy atom. The van der Waals surface area contributed by atoms with Crippen LogP contribution in [0.25, 0.3) is 0 Å². The first-order valence-electron chi connectivity index (χ1n) is 11.4. The van der Waals surface area contributed by atoms with Crippen LogP contribution in [-0.4, -0.2) is 72.5 Å². The zero-order chi connectivity index (χ0) is 21.4. The summed E-state index contributed by atoms with van der Waals surface area (Å²) in [7, 11) is 0. The quantitative estimate of drug-likeness (QED) is 0.649. The molecule has 2 N–H and O–H groups in total. The molecule has 8 nitrogen and oxygen atoms in total. The van der Waals surface area contributed by atoms with E-state index in [9.17, 15) is 14.4 Å². The number of benzene rings is 1. The lowest BCUT2D eigenvalue weighted by molar-refractivity contribution is -0.136. The minimum Gasteiger partial charge on any atom is -0.381 e. The highest BCUT2D eigenvalue weighted by molar-refractivity contribution is 6.05. The molecule has 5 rings (SSSR count). The van der Waals surface area contributed by atoms with Crippen molar-refractivity contribution in [3.05, 3.63) is 34.9 Å². The normalized spacial score (nSPS) is 25.0. The fraction of sp³-hybridized carbons (Fsp3) is 0.609. The molecule has 3 amide bonds. The second-order valence-electron chi connectivity index (χ2n) is 9.19. The second kappa shape index (κ2) is 8.68. The van der Waals surface area contributed by atoms with Crippen LogP contribution in [0.3, 0.4) is 0 Å². The van der Waals surface area contributed by atoms with E-state index < -0.39 is 6.04 Å². The van der Waals surface area contributed by atoms with Gasteiger partial charge in [0, 0.05) is 64.0 Å². The molecule has 31 heavy (non-hydrogen) atoms. The Morgan fingerprint density at radius 1 is 1.10 bits per heavy atom. The van der Waals surface area contributed by atoms with Gasteiger partial charge in [-0.2, -0.15) is 0 Å². The zero-order valence-corrected chi connectivity index (χ0v) is 17.8. The molecule has 0 radical (unpaired) electrons. The Labute approximate surface area is 182 Å². The lowest BCUT2D eigenvalue weighted by Crippen LogP contribution is -2.57. The Morgan fingerprint density at radius 2 is 1.90 bits per heavy atom. The van der Waals surface area contributed by atoms with Crippen molar-refractivity contribution in [3.8, 4) is 0 Å². The zero-order valence-electron chi connectivity index (χ0n) is 17.8. The van der Waals surface area contributed by atoms with E-state index in [0.29, 0.717) is 30.5 Å². The molecule has 0 bridgehead atoms. The van der Waals surface area contributed by atoms with Crippen LogP contribution in [0.4, 0.5) is 0 Å². The number of nitrogens with zero attached hydrogens (tertiary/aromatic N) is 2. The minimum absolute atomic E-state index is 0.113. The van der Waals surface area contributed by atoms with E-state index in [1.165, 1.54) is 5.56 Å². The molecule has 166 valence electrons. The number of hydrogen-bond acceptors (Lipinski definition) is 6. The van der Waals surface area contributed by atoms with Crippen molar-refractivity contribution in [1.82, 2.24) is 20.4 Å². The van der Waals surface area contributed by atoms with Gasteiger partial charge in [0.2, 0.25) is 11.8 Å². The predicted octanol–water partition coefficient (Wildman–Crippen LogP) is 0.648. The van der Waals surface area contributed by atoms with Crippen molar-refractivity contribution in [2.45, 2.75) is 50.9 Å². The van der Waals surface area contributed by atoms with Gasteiger partial charge in [0.05, 0.1) is 0 Å². The Kier molecular flexibility index (Phi) is 5.77. The van der Waals surface area contributed by atoms with E-state index in [0.717, 1.165) is 57.8 Å². The maximum atomic E-state index is 12.9. The van der Waals surface area contributed by atoms with Crippen molar-refractivity contribution in [3.63, 3.8) is 0 Å². The second-order valence-corrected chi connectivity index (χ2v) is 9.19. The molecule has 8 heteroatoms. The molecule has 0 aromatic heterocycles. The van der Waals surface area contributed by atoms with Crippen LogP contribution in [0.1, 0.15) is 47.2 Å². The van der Waals surface area contributed by atoms with Crippen LogP contribution < -0.4 is 10.6 Å². The van der Waals surface area contributed by atoms with Crippen molar-refractivity contribution < 1.29 is 19.1 Å². The molecule has 0 aliphatic carbocycles. The number of carbonyl (C=O) groups excluding carboxylic acids is 3. The molecular weight excluding hydrogens is 396 g/mol. The van der Waals surface area contributed by atoms with Gasteiger partial charge in [0.15, 0.2) is 0 Å². The summed E-state index contributed by atoms with van der Waals surface area (Å²) in [5.74, 6) is -0.0628. The number of rotatable bonds is 6. The number of nitrogens with one attached hydrogen (secondary N) is 2. The van der Waals surface area contributed by atoms with Crippen LogP contribution in [0.15, 0.2) is 18.2 Å². The number of imide groups is 1. The molecule has 0 saturated carbocycles. The average molecular weight is 427 g/mol. The fourth-order valence-electron chi connectivity index (χ4n) is 5.10. The molecule has 3 fully saturated rings. The first kappa shape index (κ1) is 20.6. The first-order chi connectivity index (χ1) is 15.1. The summed E-state index contributed by atoms with van der Waals surface area (Å²) in [6.07, 6.45) is 2.91. The number of amides is 3. The Hall–Kier alpha value is -2.29. The van der Waals surface area contributed by atoms with Crippen molar-refractivity contribution in [2.75, 3.05) is 32.8 Å². The third-order valence-electron chi connectivity index (χ3n) is 7.08. The van der Waals surface area contributed by atoms with Gasteiger partial charge < -0.3 is 15.0 Å². The summed E-state index contributed by atoms with van der Waals surface area (Å²) in [6.45, 7) is 6.14. The Bertz CT molecular complexity index is 878. The molecule has 4 heterocycles. The van der Waals surface area contributed by atoms with Gasteiger partial charge in [0.25, 0.3) is 5.91 Å². The van der Waals surface area contributed by atoms with Gasteiger partial charge in [-0.1, -0.05) is 12.1 Å². The Balaban J connectivity index is 1.28. The summed E-state index contributed by atoms with van der Waals surface area (Å²) in [5.41, 5.74) is 2.86. The summed E-state index contributed by atoms with van der Waals surface area (Å²) >= 11 is 0. The molecule has 1 atom stereocenters. The summed E-state index contributed by atoms with van der Waals surface area (Å²) in [6, 6.07) is 6.07. The van der Waals surface area contributed by atoms with E-state index in [-0.39, 0.29) is 24.1 Å². The van der Waals surface area contributed by atoms with Gasteiger partial charge >= 0.3 is 0 Å². The van der Waals surface area contributed by atoms with Crippen LogP contribution in [0.2, 0.25) is 0 Å². The SMILES string of the molecule is O=C1CCC(N2Cc3cc(CN(CC4CCOCC4)C4CNC4)ccc3C2=O)C(=O)N1. The van der Waals surface area contributed by atoms with Gasteiger partial charge in [-0.05, 0) is 42.4 Å². The maximum Gasteiger partial charge on any atom is 0.255 e. The topological polar surface area (TPSA) is 91.0 Å². The van der Waals surface area contributed by atoms with E-state index >= 15 is 0 Å². The van der Waals surface area contributed by atoms with Crippen LogP contribution in [0.5, 0.6) is 0 Å². The highest BCUT2D eigenvalue weighted by atomic mass is 16.5. The molecule has 1 aromatic carbocycles. The molecule has 4 aliphatic rings. The number of carbonyl (C=O) groups is 3. The third-order valence-corrected chi connectivity index (χ3v) is 7.08. The lowest BCUT2D eigenvalue weighted by Gasteiger charge is -2.40. The summed E-state index contributed by atoms with van der Waals surface area (Å²) in [4.78, 5) is 40.8. The minimum atomic E-state index is -0.563. The van der Waals surface area contributed by atoms with Gasteiger partial charge in [-0.25, -0.2) is 0 Å². The van der Waals surface area contributed by atoms with Crippen molar-refractivity contribution in [2.24, 2.45) is 5.92 Å². The summed E-state index contributed by atoms with van der Waals surface area (Å²) in [5, 5.41) is 5.74. The van der Waals surface area contributed by atoms with Crippen molar-refractivity contribution in [1.29, 1.82) is 0 Å². The number of ether oxygens (including phenoxy) is 1. The van der Waals surface area contributed by atoms with Crippen LogP contribution in [-0.2, 0) is 27.4 Å². The molecule has 1 unspecified atom stereocenters. The largest absolute Gasteiger partial charge is 0.381 e. The van der Waals surface area contributed by atoms with Crippen LogP contribution >= 0.6 is 0 Å². The maximum absolute atomic E-state index is 12.9. The van der Waals surface area contributed by atoms with Gasteiger partial charge in [-0.3, -0.25) is 24.6 Å². The van der Waals surface area contributed by atoms with Gasteiger partial charge in [0.1, 0.15) is 6.04 Å². The van der Waals surface area contributed by atoms with E-state index in [4.69, 9.17) is 4.74 Å². The molecule has 3 saturated heterocycles. The smallest absolute Gasteiger partial charge is 0.255 e. The lowest BCUT2D eigenvalue weighted by atomic mass is 9.97. The van der Waals surface area contributed by atoms with Crippen LogP contribution in [0, 0.1) is 5.92 Å². The van der Waals surface area contributed by atoms with E-state index in [1.54, 1.807) is 4.90 Å². The predicted molar refractivity (Wildman–Crippen MR) is 113 cm³/mol. The first-order valence-corrected chi connectivity index (χ1v) is 11.4. The fourth-order valence-corrected chi connectivity index (χ4v) is 5.10. The molecule has 0 spiro atoms. The highest BCUT2D eigenvalue weighted by Crippen LogP contribution is 2.29. The van der Waals surface area contributed by atoms with Gasteiger partial charge in [-0.15, -0.1) is 0 Å². The molecule has 4 aliphatic heterocycles. The molecular formula is C23H30N4O4. The highest BCUT2D eigenvalue weighted by Gasteiger charge is 2.39. The average Bonchev–Trinajstić information content (AvgIpc) is 3.03. The molecule has 1 aromatic rings. The van der Waals surface area contributed by atoms with E-state index in [1.807, 2.05) is 12.1 Å². The standard InChI is InChI=1S/C23H30N4O4/c28-21-4-3-20(22(29)25-21)27-14-17-9-16(1-2-19(17)23(27)30)13-26(18-10-24-11-18)12-15-5-7-31-8-6-15/h1-2,9,15,18,20,24H,3-8,10-14H2,(H,25,28,29).